The first kappa shape index (κ1) is 18.9. The maximum atomic E-state index is 12.7. The largest absolute Gasteiger partial charge is 0.347 e. The highest BCUT2D eigenvalue weighted by Gasteiger charge is 2.25. The number of carbonyl (C=O) groups excluding carboxylic acids is 2. The highest BCUT2D eigenvalue weighted by molar-refractivity contribution is 5.80. The van der Waals surface area contributed by atoms with Gasteiger partial charge in [-0.25, -0.2) is 4.68 Å². The van der Waals surface area contributed by atoms with Crippen molar-refractivity contribution < 1.29 is 9.59 Å². The van der Waals surface area contributed by atoms with Crippen molar-refractivity contribution >= 4 is 11.8 Å². The Kier molecular flexibility index (Phi) is 5.70. The number of hydrogen-bond acceptors (Lipinski definition) is 3. The zero-order chi connectivity index (χ0) is 20.1. The Balaban J connectivity index is 1.42. The molecule has 0 bridgehead atoms. The van der Waals surface area contributed by atoms with E-state index in [1.807, 2.05) is 71.8 Å². The van der Waals surface area contributed by atoms with Gasteiger partial charge < -0.3 is 10.2 Å². The van der Waals surface area contributed by atoms with E-state index < -0.39 is 0 Å². The lowest BCUT2D eigenvalue weighted by Crippen LogP contribution is -2.39. The van der Waals surface area contributed by atoms with Crippen LogP contribution in [0, 0.1) is 0 Å². The minimum Gasteiger partial charge on any atom is -0.347 e. The van der Waals surface area contributed by atoms with Crippen LogP contribution < -0.4 is 5.32 Å². The van der Waals surface area contributed by atoms with Crippen LogP contribution >= 0.6 is 0 Å². The van der Waals surface area contributed by atoms with E-state index in [2.05, 4.69) is 10.4 Å². The molecule has 0 saturated carbocycles. The van der Waals surface area contributed by atoms with Crippen molar-refractivity contribution in [1.82, 2.24) is 20.0 Å². The van der Waals surface area contributed by atoms with Crippen LogP contribution in [0.3, 0.4) is 0 Å². The second-order valence-corrected chi connectivity index (χ2v) is 7.27. The summed E-state index contributed by atoms with van der Waals surface area (Å²) in [6.45, 7) is 1.26. The van der Waals surface area contributed by atoms with Crippen molar-refractivity contribution in [3.05, 3.63) is 84.2 Å². The van der Waals surface area contributed by atoms with Crippen molar-refractivity contribution in [2.75, 3.05) is 13.1 Å². The second-order valence-electron chi connectivity index (χ2n) is 7.27. The molecule has 6 heteroatoms. The average molecular weight is 388 g/mol. The van der Waals surface area contributed by atoms with Crippen molar-refractivity contribution in [2.45, 2.75) is 25.3 Å². The van der Waals surface area contributed by atoms with Gasteiger partial charge in [0.2, 0.25) is 11.8 Å². The quantitative estimate of drug-likeness (QED) is 0.677. The smallest absolute Gasteiger partial charge is 0.224 e. The summed E-state index contributed by atoms with van der Waals surface area (Å²) in [6, 6.07) is 19.3. The summed E-state index contributed by atoms with van der Waals surface area (Å²) < 4.78 is 1.78. The molecule has 2 heterocycles. The Morgan fingerprint density at radius 1 is 1.07 bits per heavy atom. The maximum absolute atomic E-state index is 12.7. The zero-order valence-corrected chi connectivity index (χ0v) is 16.2. The van der Waals surface area contributed by atoms with E-state index in [4.69, 9.17) is 0 Å². The van der Waals surface area contributed by atoms with Crippen molar-refractivity contribution in [1.29, 1.82) is 0 Å². The number of amides is 2. The van der Waals surface area contributed by atoms with Gasteiger partial charge in [0.25, 0.3) is 0 Å². The fraction of sp³-hybridized carbons (Fsp3) is 0.261. The van der Waals surface area contributed by atoms with Crippen LogP contribution in [0.25, 0.3) is 5.69 Å². The molecular weight excluding hydrogens is 364 g/mol. The Labute approximate surface area is 170 Å². The average Bonchev–Trinajstić information content (AvgIpc) is 3.41. The topological polar surface area (TPSA) is 67.2 Å². The van der Waals surface area contributed by atoms with E-state index in [9.17, 15) is 9.59 Å². The lowest BCUT2D eigenvalue weighted by molar-refractivity contribution is -0.129. The molecule has 1 unspecified atom stereocenters. The number of aromatic nitrogens is 2. The molecule has 148 valence electrons. The van der Waals surface area contributed by atoms with E-state index in [-0.39, 0.29) is 24.3 Å². The van der Waals surface area contributed by atoms with Gasteiger partial charge in [-0.1, -0.05) is 42.5 Å². The van der Waals surface area contributed by atoms with Gasteiger partial charge >= 0.3 is 0 Å². The van der Waals surface area contributed by atoms with Crippen LogP contribution in [0.2, 0.25) is 0 Å². The van der Waals surface area contributed by atoms with E-state index in [0.29, 0.717) is 13.0 Å². The third-order valence-corrected chi connectivity index (χ3v) is 5.18. The van der Waals surface area contributed by atoms with Crippen LogP contribution in [0.4, 0.5) is 0 Å². The number of likely N-dealkylation sites (tertiary alicyclic amines) is 1. The molecule has 4 rings (SSSR count). The number of benzene rings is 2. The summed E-state index contributed by atoms with van der Waals surface area (Å²) in [5.41, 5.74) is 2.89. The minimum atomic E-state index is -0.214. The fourth-order valence-electron chi connectivity index (χ4n) is 3.66. The van der Waals surface area contributed by atoms with Gasteiger partial charge in [-0.15, -0.1) is 0 Å². The Morgan fingerprint density at radius 2 is 1.86 bits per heavy atom. The molecule has 6 nitrogen and oxygen atoms in total. The summed E-state index contributed by atoms with van der Waals surface area (Å²) >= 11 is 0. The van der Waals surface area contributed by atoms with Gasteiger partial charge in [0.05, 0.1) is 18.2 Å². The standard InChI is InChI=1S/C23H24N4O2/c28-22(16-18-9-11-20(12-10-18)27-15-5-13-24-27)25-21(19-6-2-1-3-7-19)17-26-14-4-8-23(26)29/h1-3,5-7,9-13,15,21H,4,8,14,16-17H2,(H,25,28). The molecule has 0 aliphatic carbocycles. The predicted molar refractivity (Wildman–Crippen MR) is 110 cm³/mol. The van der Waals surface area contributed by atoms with E-state index in [0.717, 1.165) is 29.8 Å². The van der Waals surface area contributed by atoms with Crippen molar-refractivity contribution in [2.24, 2.45) is 0 Å². The van der Waals surface area contributed by atoms with Gasteiger partial charge in [0.15, 0.2) is 0 Å². The molecule has 1 fully saturated rings. The van der Waals surface area contributed by atoms with Gasteiger partial charge in [0.1, 0.15) is 0 Å². The van der Waals surface area contributed by atoms with Gasteiger partial charge in [-0.2, -0.15) is 5.10 Å². The maximum Gasteiger partial charge on any atom is 0.224 e. The molecule has 1 aliphatic heterocycles. The minimum absolute atomic E-state index is 0.0580. The number of nitrogens with zero attached hydrogens (tertiary/aromatic N) is 3. The highest BCUT2D eigenvalue weighted by atomic mass is 16.2. The first-order valence-electron chi connectivity index (χ1n) is 9.90. The second kappa shape index (κ2) is 8.73. The number of rotatable bonds is 7. The summed E-state index contributed by atoms with van der Waals surface area (Å²) in [5.74, 6) is 0.103. The Morgan fingerprint density at radius 3 is 2.52 bits per heavy atom. The van der Waals surface area contributed by atoms with Crippen LogP contribution in [0.5, 0.6) is 0 Å². The molecule has 1 aromatic heterocycles. The molecule has 1 atom stereocenters. The van der Waals surface area contributed by atoms with Crippen LogP contribution in [-0.2, 0) is 16.0 Å². The number of hydrogen-bond donors (Lipinski definition) is 1. The molecule has 1 saturated heterocycles. The molecule has 2 amide bonds. The third kappa shape index (κ3) is 4.71. The number of carbonyl (C=O) groups is 2. The predicted octanol–water partition coefficient (Wildman–Crippen LogP) is 2.89. The summed E-state index contributed by atoms with van der Waals surface area (Å²) in [7, 11) is 0. The number of nitrogens with one attached hydrogen (secondary N) is 1. The van der Waals surface area contributed by atoms with Gasteiger partial charge in [-0.3, -0.25) is 9.59 Å². The van der Waals surface area contributed by atoms with Crippen molar-refractivity contribution in [3.8, 4) is 5.69 Å². The summed E-state index contributed by atoms with van der Waals surface area (Å²) in [6.07, 6.45) is 5.38. The first-order chi connectivity index (χ1) is 14.2. The summed E-state index contributed by atoms with van der Waals surface area (Å²) in [4.78, 5) is 26.6. The zero-order valence-electron chi connectivity index (χ0n) is 16.2. The van der Waals surface area contributed by atoms with Gasteiger partial charge in [0, 0.05) is 31.9 Å². The molecule has 0 radical (unpaired) electrons. The fourth-order valence-corrected chi connectivity index (χ4v) is 3.66. The lowest BCUT2D eigenvalue weighted by Gasteiger charge is -2.25. The van der Waals surface area contributed by atoms with Crippen LogP contribution in [-0.4, -0.2) is 39.6 Å². The van der Waals surface area contributed by atoms with Crippen LogP contribution in [0.15, 0.2) is 73.1 Å². The molecule has 0 spiro atoms. The highest BCUT2D eigenvalue weighted by Crippen LogP contribution is 2.19. The lowest BCUT2D eigenvalue weighted by atomic mass is 10.1. The monoisotopic (exact) mass is 388 g/mol. The molecule has 29 heavy (non-hydrogen) atoms. The molecular formula is C23H24N4O2. The van der Waals surface area contributed by atoms with Crippen LogP contribution in [0.1, 0.15) is 30.0 Å². The molecule has 1 N–H and O–H groups in total. The van der Waals surface area contributed by atoms with E-state index in [1.54, 1.807) is 10.9 Å². The summed E-state index contributed by atoms with van der Waals surface area (Å²) in [5, 5.41) is 7.33. The van der Waals surface area contributed by atoms with E-state index >= 15 is 0 Å². The molecule has 2 aromatic carbocycles. The SMILES string of the molecule is O=C(Cc1ccc(-n2cccn2)cc1)NC(CN1CCCC1=O)c1ccccc1. The van der Waals surface area contributed by atoms with Crippen molar-refractivity contribution in [3.63, 3.8) is 0 Å². The molecule has 3 aromatic rings. The van der Waals surface area contributed by atoms with E-state index in [1.165, 1.54) is 0 Å². The van der Waals surface area contributed by atoms with Gasteiger partial charge in [-0.05, 0) is 35.7 Å². The first-order valence-corrected chi connectivity index (χ1v) is 9.90. The normalized spacial score (nSPS) is 14.8. The third-order valence-electron chi connectivity index (χ3n) is 5.18. The Hall–Kier alpha value is -3.41. The Bertz CT molecular complexity index is 952. The molecule has 1 aliphatic rings.